The molecule has 2 amide bonds. The average Bonchev–Trinajstić information content (AvgIpc) is 2.98. The number of benzene rings is 2. The molecular weight excluding hydrogens is 366 g/mol. The van der Waals surface area contributed by atoms with Crippen LogP contribution >= 0.6 is 0 Å². The largest absolute Gasteiger partial charge is 0.378 e. The van der Waals surface area contributed by atoms with Gasteiger partial charge in [-0.3, -0.25) is 14.5 Å². The number of likely N-dealkylation sites (N-methyl/N-ethyl adjacent to an activating group) is 1. The molecule has 1 fully saturated rings. The molecular formula is C23H21N3O3. The molecule has 1 saturated heterocycles. The molecule has 2 aliphatic heterocycles. The number of hydrogen-bond acceptors (Lipinski definition) is 5. The maximum absolute atomic E-state index is 12.8. The smallest absolute Gasteiger partial charge is 0.249 e. The number of likely N-dealkylation sites (tertiary alicyclic amines) is 1. The lowest BCUT2D eigenvalue weighted by molar-refractivity contribution is -0.138. The number of nitrogens with zero attached hydrogens (tertiary/aromatic N) is 2. The van der Waals surface area contributed by atoms with Gasteiger partial charge >= 0.3 is 0 Å². The zero-order chi connectivity index (χ0) is 20.4. The lowest BCUT2D eigenvalue weighted by Gasteiger charge is -2.39. The van der Waals surface area contributed by atoms with Crippen molar-refractivity contribution < 1.29 is 14.7 Å². The summed E-state index contributed by atoms with van der Waals surface area (Å²) in [5.74, 6) is 4.68. The highest BCUT2D eigenvalue weighted by Crippen LogP contribution is 2.32. The molecule has 0 aromatic heterocycles. The summed E-state index contributed by atoms with van der Waals surface area (Å²) in [5.41, 5.74) is 4.75. The van der Waals surface area contributed by atoms with Gasteiger partial charge in [0.25, 0.3) is 0 Å². The summed E-state index contributed by atoms with van der Waals surface area (Å²) in [7, 11) is 1.48. The molecule has 0 saturated carbocycles. The Bertz CT molecular complexity index is 994. The van der Waals surface area contributed by atoms with E-state index < -0.39 is 24.1 Å². The van der Waals surface area contributed by atoms with Crippen molar-refractivity contribution >= 4 is 17.5 Å². The Labute approximate surface area is 169 Å². The van der Waals surface area contributed by atoms with Crippen LogP contribution in [0.3, 0.4) is 0 Å². The zero-order valence-electron chi connectivity index (χ0n) is 15.9. The average molecular weight is 387 g/mol. The summed E-state index contributed by atoms with van der Waals surface area (Å²) in [4.78, 5) is 26.4. The lowest BCUT2D eigenvalue weighted by atomic mass is 9.92. The van der Waals surface area contributed by atoms with E-state index >= 15 is 0 Å². The van der Waals surface area contributed by atoms with Gasteiger partial charge in [0.15, 0.2) is 0 Å². The fourth-order valence-corrected chi connectivity index (χ4v) is 3.64. The molecule has 4 rings (SSSR count). The van der Waals surface area contributed by atoms with Crippen LogP contribution in [0.1, 0.15) is 5.56 Å². The Morgan fingerprint density at radius 1 is 0.966 bits per heavy atom. The molecule has 0 bridgehead atoms. The minimum atomic E-state index is -1.06. The van der Waals surface area contributed by atoms with Crippen LogP contribution in [0, 0.1) is 17.8 Å². The number of aliphatic hydroxyl groups is 1. The minimum absolute atomic E-state index is 0.251. The van der Waals surface area contributed by atoms with E-state index in [1.54, 1.807) is 17.2 Å². The van der Waals surface area contributed by atoms with Crippen LogP contribution in [0.2, 0.25) is 0 Å². The predicted octanol–water partition coefficient (Wildman–Crippen LogP) is 1.65. The van der Waals surface area contributed by atoms with Gasteiger partial charge in [0.1, 0.15) is 12.1 Å². The van der Waals surface area contributed by atoms with Crippen molar-refractivity contribution in [2.75, 3.05) is 12.5 Å². The van der Waals surface area contributed by atoms with E-state index in [1.807, 2.05) is 60.7 Å². The number of hydrogen-bond donors (Lipinski definition) is 2. The SMILES string of the molecule is CN1C(=O)C2C=CC(C(O)C#Cc3ccccc3)N(Nc3ccccc3)C2C1=O. The normalized spacial score (nSPS) is 24.6. The first-order valence-corrected chi connectivity index (χ1v) is 9.40. The minimum Gasteiger partial charge on any atom is -0.378 e. The van der Waals surface area contributed by atoms with E-state index in [2.05, 4.69) is 17.3 Å². The van der Waals surface area contributed by atoms with E-state index in [-0.39, 0.29) is 11.8 Å². The third-order valence-corrected chi connectivity index (χ3v) is 5.17. The first-order chi connectivity index (χ1) is 14.1. The quantitative estimate of drug-likeness (QED) is 0.476. The van der Waals surface area contributed by atoms with Gasteiger partial charge < -0.3 is 10.5 Å². The molecule has 29 heavy (non-hydrogen) atoms. The molecule has 0 radical (unpaired) electrons. The highest BCUT2D eigenvalue weighted by molar-refractivity contribution is 6.08. The van der Waals surface area contributed by atoms with Crippen LogP contribution in [0.25, 0.3) is 0 Å². The summed E-state index contributed by atoms with van der Waals surface area (Å²) in [6, 6.07) is 17.4. The number of imide groups is 1. The number of nitrogens with one attached hydrogen (secondary N) is 1. The summed E-state index contributed by atoms with van der Waals surface area (Å²) in [5, 5.41) is 12.5. The molecule has 2 aliphatic rings. The van der Waals surface area contributed by atoms with Gasteiger partial charge in [0.2, 0.25) is 11.8 Å². The number of carbonyl (C=O) groups excluding carboxylic acids is 2. The number of fused-ring (bicyclic) bond motifs is 1. The van der Waals surface area contributed by atoms with Crippen LogP contribution in [0.5, 0.6) is 0 Å². The summed E-state index contributed by atoms with van der Waals surface area (Å²) < 4.78 is 0. The van der Waals surface area contributed by atoms with Crippen molar-refractivity contribution in [3.05, 3.63) is 78.4 Å². The number of rotatable bonds is 3. The topological polar surface area (TPSA) is 72.9 Å². The number of carbonyl (C=O) groups is 2. The van der Waals surface area contributed by atoms with E-state index in [1.165, 1.54) is 7.05 Å². The summed E-state index contributed by atoms with van der Waals surface area (Å²) in [6.07, 6.45) is 2.39. The van der Waals surface area contributed by atoms with E-state index in [9.17, 15) is 14.7 Å². The Hall–Kier alpha value is -3.40. The highest BCUT2D eigenvalue weighted by Gasteiger charge is 2.52. The van der Waals surface area contributed by atoms with E-state index in [4.69, 9.17) is 0 Å². The maximum atomic E-state index is 12.8. The molecule has 0 aliphatic carbocycles. The van der Waals surface area contributed by atoms with Gasteiger partial charge in [-0.25, -0.2) is 0 Å². The molecule has 146 valence electrons. The molecule has 6 heteroatoms. The van der Waals surface area contributed by atoms with Crippen molar-refractivity contribution in [1.82, 2.24) is 9.91 Å². The summed E-state index contributed by atoms with van der Waals surface area (Å²) in [6.45, 7) is 0. The molecule has 2 aromatic carbocycles. The van der Waals surface area contributed by atoms with Gasteiger partial charge in [-0.05, 0) is 24.3 Å². The fourth-order valence-electron chi connectivity index (χ4n) is 3.64. The van der Waals surface area contributed by atoms with Gasteiger partial charge in [0, 0.05) is 18.3 Å². The van der Waals surface area contributed by atoms with E-state index in [0.717, 1.165) is 16.2 Å². The van der Waals surface area contributed by atoms with Crippen LogP contribution in [0.4, 0.5) is 5.69 Å². The van der Waals surface area contributed by atoms with E-state index in [0.29, 0.717) is 0 Å². The highest BCUT2D eigenvalue weighted by atomic mass is 16.3. The van der Waals surface area contributed by atoms with Gasteiger partial charge in [-0.2, -0.15) is 5.01 Å². The van der Waals surface area contributed by atoms with Crippen molar-refractivity contribution in [2.24, 2.45) is 5.92 Å². The lowest BCUT2D eigenvalue weighted by Crippen LogP contribution is -2.57. The van der Waals surface area contributed by atoms with Crippen LogP contribution in [-0.2, 0) is 9.59 Å². The molecule has 0 spiro atoms. The fraction of sp³-hybridized carbons (Fsp3) is 0.217. The second-order valence-electron chi connectivity index (χ2n) is 7.05. The van der Waals surface area contributed by atoms with Crippen LogP contribution < -0.4 is 5.43 Å². The Morgan fingerprint density at radius 3 is 2.31 bits per heavy atom. The predicted molar refractivity (Wildman–Crippen MR) is 109 cm³/mol. The first kappa shape index (κ1) is 18.9. The second-order valence-corrected chi connectivity index (χ2v) is 7.05. The molecule has 2 aromatic rings. The molecule has 2 heterocycles. The van der Waals surface area contributed by atoms with Crippen molar-refractivity contribution in [1.29, 1.82) is 0 Å². The Morgan fingerprint density at radius 2 is 1.62 bits per heavy atom. The van der Waals surface area contributed by atoms with Crippen molar-refractivity contribution in [3.63, 3.8) is 0 Å². The Kier molecular flexibility index (Phi) is 5.17. The number of hydrazine groups is 1. The molecule has 4 atom stereocenters. The van der Waals surface area contributed by atoms with Crippen molar-refractivity contribution in [2.45, 2.75) is 18.2 Å². The second kappa shape index (κ2) is 7.92. The number of amides is 2. The van der Waals surface area contributed by atoms with Gasteiger partial charge in [0.05, 0.1) is 12.0 Å². The van der Waals surface area contributed by atoms with Crippen LogP contribution in [-0.4, -0.2) is 52.1 Å². The van der Waals surface area contributed by atoms with Gasteiger partial charge in [-0.15, -0.1) is 0 Å². The first-order valence-electron chi connectivity index (χ1n) is 9.40. The molecule has 2 N–H and O–H groups in total. The van der Waals surface area contributed by atoms with Gasteiger partial charge in [-0.1, -0.05) is 60.4 Å². The Balaban J connectivity index is 1.66. The molecule has 4 unspecified atom stereocenters. The maximum Gasteiger partial charge on any atom is 0.249 e. The number of para-hydroxylation sites is 1. The standard InChI is InChI=1S/C23H21N3O3/c1-25-22(28)18-13-14-19(20(27)15-12-16-8-4-2-5-9-16)26(21(18)23(25)29)24-17-10-6-3-7-11-17/h2-11,13-14,18-21,24,27H,1H3. The third kappa shape index (κ3) is 3.66. The number of aliphatic hydroxyl groups excluding tert-OH is 1. The third-order valence-electron chi connectivity index (χ3n) is 5.17. The molecule has 6 nitrogen and oxygen atoms in total. The summed E-state index contributed by atoms with van der Waals surface area (Å²) >= 11 is 0. The van der Waals surface area contributed by atoms with Crippen LogP contribution in [0.15, 0.2) is 72.8 Å². The van der Waals surface area contributed by atoms with Crippen molar-refractivity contribution in [3.8, 4) is 11.8 Å². The monoisotopic (exact) mass is 387 g/mol. The zero-order valence-corrected chi connectivity index (χ0v) is 15.9. The number of anilines is 1.